The maximum atomic E-state index is 12.2. The number of benzene rings is 2. The molecule has 1 aliphatic heterocycles. The molecule has 0 saturated carbocycles. The molecule has 5 nitrogen and oxygen atoms in total. The van der Waals surface area contributed by atoms with Crippen LogP contribution >= 0.6 is 0 Å². The van der Waals surface area contributed by atoms with Crippen LogP contribution in [-0.2, 0) is 4.79 Å². The van der Waals surface area contributed by atoms with Crippen molar-refractivity contribution in [3.05, 3.63) is 59.7 Å². The summed E-state index contributed by atoms with van der Waals surface area (Å²) in [6.45, 7) is 5.16. The molecule has 0 aromatic heterocycles. The van der Waals surface area contributed by atoms with Gasteiger partial charge in [-0.3, -0.25) is 4.79 Å². The third-order valence-electron chi connectivity index (χ3n) is 4.59. The second-order valence-electron chi connectivity index (χ2n) is 6.54. The van der Waals surface area contributed by atoms with Crippen molar-refractivity contribution in [2.75, 3.05) is 23.3 Å². The summed E-state index contributed by atoms with van der Waals surface area (Å²) >= 11 is 0. The first-order valence-corrected chi connectivity index (χ1v) is 8.50. The van der Waals surface area contributed by atoms with Crippen molar-refractivity contribution >= 4 is 23.3 Å². The quantitative estimate of drug-likeness (QED) is 0.897. The lowest BCUT2D eigenvalue weighted by molar-refractivity contribution is -0.117. The number of urea groups is 1. The SMILES string of the molecule is Cc1ccc(NC(=O)NCC2CC(=O)N(c3ccccc3)C2)cc1C. The van der Waals surface area contributed by atoms with Crippen LogP contribution in [0.15, 0.2) is 48.5 Å². The molecule has 1 heterocycles. The largest absolute Gasteiger partial charge is 0.338 e. The molecule has 2 aromatic carbocycles. The van der Waals surface area contributed by atoms with Gasteiger partial charge in [0.1, 0.15) is 0 Å². The minimum Gasteiger partial charge on any atom is -0.338 e. The van der Waals surface area contributed by atoms with Gasteiger partial charge in [-0.05, 0) is 49.2 Å². The molecule has 0 bridgehead atoms. The van der Waals surface area contributed by atoms with E-state index in [-0.39, 0.29) is 17.9 Å². The summed E-state index contributed by atoms with van der Waals surface area (Å²) in [5.74, 6) is 0.228. The van der Waals surface area contributed by atoms with Crippen LogP contribution in [0.3, 0.4) is 0 Å². The maximum Gasteiger partial charge on any atom is 0.319 e. The van der Waals surface area contributed by atoms with Gasteiger partial charge in [0.25, 0.3) is 0 Å². The number of para-hydroxylation sites is 1. The topological polar surface area (TPSA) is 61.4 Å². The van der Waals surface area contributed by atoms with E-state index in [1.54, 1.807) is 4.90 Å². The fourth-order valence-corrected chi connectivity index (χ4v) is 3.01. The normalized spacial score (nSPS) is 16.8. The Morgan fingerprint density at radius 2 is 1.88 bits per heavy atom. The fraction of sp³-hybridized carbons (Fsp3) is 0.300. The second kappa shape index (κ2) is 7.38. The molecule has 0 spiro atoms. The van der Waals surface area contributed by atoms with Gasteiger partial charge in [0, 0.05) is 36.8 Å². The van der Waals surface area contributed by atoms with Gasteiger partial charge in [-0.2, -0.15) is 0 Å². The minimum atomic E-state index is -0.242. The number of hydrogen-bond acceptors (Lipinski definition) is 2. The van der Waals surface area contributed by atoms with E-state index in [0.717, 1.165) is 16.9 Å². The maximum absolute atomic E-state index is 12.2. The average molecular weight is 337 g/mol. The summed E-state index contributed by atoms with van der Waals surface area (Å²) in [5, 5.41) is 5.71. The van der Waals surface area contributed by atoms with Crippen molar-refractivity contribution in [1.29, 1.82) is 0 Å². The summed E-state index contributed by atoms with van der Waals surface area (Å²) < 4.78 is 0. The molecule has 25 heavy (non-hydrogen) atoms. The zero-order chi connectivity index (χ0) is 17.8. The first-order valence-electron chi connectivity index (χ1n) is 8.50. The van der Waals surface area contributed by atoms with Crippen LogP contribution in [-0.4, -0.2) is 25.0 Å². The van der Waals surface area contributed by atoms with E-state index >= 15 is 0 Å². The molecule has 3 rings (SSSR count). The predicted octanol–water partition coefficient (Wildman–Crippen LogP) is 3.48. The molecular formula is C20H23N3O2. The lowest BCUT2D eigenvalue weighted by Gasteiger charge is -2.17. The molecule has 130 valence electrons. The highest BCUT2D eigenvalue weighted by atomic mass is 16.2. The Hall–Kier alpha value is -2.82. The molecule has 1 saturated heterocycles. The predicted molar refractivity (Wildman–Crippen MR) is 99.8 cm³/mol. The molecule has 1 unspecified atom stereocenters. The van der Waals surface area contributed by atoms with E-state index in [2.05, 4.69) is 10.6 Å². The molecular weight excluding hydrogens is 314 g/mol. The van der Waals surface area contributed by atoms with Crippen molar-refractivity contribution in [2.45, 2.75) is 20.3 Å². The van der Waals surface area contributed by atoms with Crippen molar-refractivity contribution in [3.63, 3.8) is 0 Å². The number of nitrogens with one attached hydrogen (secondary N) is 2. The van der Waals surface area contributed by atoms with E-state index in [4.69, 9.17) is 0 Å². The molecule has 3 amide bonds. The van der Waals surface area contributed by atoms with Gasteiger partial charge < -0.3 is 15.5 Å². The van der Waals surface area contributed by atoms with Crippen molar-refractivity contribution in [2.24, 2.45) is 5.92 Å². The zero-order valence-corrected chi connectivity index (χ0v) is 14.6. The van der Waals surface area contributed by atoms with Gasteiger partial charge in [0.15, 0.2) is 0 Å². The summed E-state index contributed by atoms with van der Waals surface area (Å²) in [6.07, 6.45) is 0.457. The van der Waals surface area contributed by atoms with E-state index < -0.39 is 0 Å². The summed E-state index contributed by atoms with van der Waals surface area (Å²) in [5.41, 5.74) is 4.01. The minimum absolute atomic E-state index is 0.104. The highest BCUT2D eigenvalue weighted by Crippen LogP contribution is 2.24. The highest BCUT2D eigenvalue weighted by Gasteiger charge is 2.30. The highest BCUT2D eigenvalue weighted by molar-refractivity contribution is 5.96. The third-order valence-corrected chi connectivity index (χ3v) is 4.59. The first-order chi connectivity index (χ1) is 12.0. The van der Waals surface area contributed by atoms with Crippen molar-refractivity contribution < 1.29 is 9.59 Å². The number of rotatable bonds is 4. The lowest BCUT2D eigenvalue weighted by atomic mass is 10.1. The Balaban J connectivity index is 1.51. The van der Waals surface area contributed by atoms with Crippen LogP contribution in [0.4, 0.5) is 16.2 Å². The summed E-state index contributed by atoms with van der Waals surface area (Å²) in [6, 6.07) is 15.2. The fourth-order valence-electron chi connectivity index (χ4n) is 3.01. The molecule has 5 heteroatoms. The summed E-state index contributed by atoms with van der Waals surface area (Å²) in [4.78, 5) is 26.1. The molecule has 2 N–H and O–H groups in total. The number of hydrogen-bond donors (Lipinski definition) is 2. The first kappa shape index (κ1) is 17.0. The Morgan fingerprint density at radius 3 is 2.60 bits per heavy atom. The number of nitrogens with zero attached hydrogens (tertiary/aromatic N) is 1. The van der Waals surface area contributed by atoms with Crippen LogP contribution in [0.2, 0.25) is 0 Å². The van der Waals surface area contributed by atoms with Crippen LogP contribution in [0.1, 0.15) is 17.5 Å². The molecule has 2 aromatic rings. The van der Waals surface area contributed by atoms with Gasteiger partial charge in [0.2, 0.25) is 5.91 Å². The molecule has 0 radical (unpaired) electrons. The second-order valence-corrected chi connectivity index (χ2v) is 6.54. The average Bonchev–Trinajstić information content (AvgIpc) is 2.98. The van der Waals surface area contributed by atoms with Gasteiger partial charge in [-0.15, -0.1) is 0 Å². The van der Waals surface area contributed by atoms with Gasteiger partial charge in [-0.25, -0.2) is 4.79 Å². The van der Waals surface area contributed by atoms with Gasteiger partial charge in [0.05, 0.1) is 0 Å². The number of carbonyl (C=O) groups is 2. The van der Waals surface area contributed by atoms with Crippen LogP contribution in [0.5, 0.6) is 0 Å². The monoisotopic (exact) mass is 337 g/mol. The molecule has 1 aliphatic rings. The molecule has 1 fully saturated rings. The standard InChI is InChI=1S/C20H23N3O2/c1-14-8-9-17(10-15(14)2)22-20(25)21-12-16-11-19(24)23(13-16)18-6-4-3-5-7-18/h3-10,16H,11-13H2,1-2H3,(H2,21,22,25). The molecule has 1 atom stereocenters. The Bertz CT molecular complexity index is 774. The summed E-state index contributed by atoms with van der Waals surface area (Å²) in [7, 11) is 0. The number of carbonyl (C=O) groups excluding carboxylic acids is 2. The van der Waals surface area contributed by atoms with E-state index in [1.165, 1.54) is 5.56 Å². The van der Waals surface area contributed by atoms with E-state index in [0.29, 0.717) is 19.5 Å². The number of aryl methyl sites for hydroxylation is 2. The Kier molecular flexibility index (Phi) is 5.03. The third kappa shape index (κ3) is 4.18. The number of anilines is 2. The molecule has 0 aliphatic carbocycles. The van der Waals surface area contributed by atoms with Crippen molar-refractivity contribution in [3.8, 4) is 0 Å². The van der Waals surface area contributed by atoms with Crippen molar-refractivity contribution in [1.82, 2.24) is 5.32 Å². The smallest absolute Gasteiger partial charge is 0.319 e. The van der Waals surface area contributed by atoms with Crippen LogP contribution in [0, 0.1) is 19.8 Å². The Labute approximate surface area is 148 Å². The number of amides is 3. The van der Waals surface area contributed by atoms with Crippen LogP contribution < -0.4 is 15.5 Å². The van der Waals surface area contributed by atoms with Gasteiger partial charge in [-0.1, -0.05) is 24.3 Å². The van der Waals surface area contributed by atoms with E-state index in [1.807, 2.05) is 62.4 Å². The van der Waals surface area contributed by atoms with Gasteiger partial charge >= 0.3 is 6.03 Å². The van der Waals surface area contributed by atoms with Crippen LogP contribution in [0.25, 0.3) is 0 Å². The Morgan fingerprint density at radius 1 is 1.12 bits per heavy atom. The lowest BCUT2D eigenvalue weighted by Crippen LogP contribution is -2.34. The van der Waals surface area contributed by atoms with E-state index in [9.17, 15) is 9.59 Å². The zero-order valence-electron chi connectivity index (χ0n) is 14.6.